The molecule has 88 valence electrons. The summed E-state index contributed by atoms with van der Waals surface area (Å²) < 4.78 is 0.770. The molecule has 17 heavy (non-hydrogen) atoms. The molecular formula is C12H11BrClN3. The number of hydrogen-bond acceptors (Lipinski definition) is 3. The fraction of sp³-hybridized carbons (Fsp3) is 0.250. The molecule has 0 spiro atoms. The van der Waals surface area contributed by atoms with E-state index < -0.39 is 0 Å². The molecule has 2 aromatic rings. The molecule has 0 saturated carbocycles. The summed E-state index contributed by atoms with van der Waals surface area (Å²) in [4.78, 5) is 12.8. The molecule has 0 aliphatic carbocycles. The van der Waals surface area contributed by atoms with Crippen LogP contribution in [0.2, 0.25) is 5.15 Å². The van der Waals surface area contributed by atoms with Crippen molar-refractivity contribution < 1.29 is 0 Å². The highest BCUT2D eigenvalue weighted by Crippen LogP contribution is 2.30. The van der Waals surface area contributed by atoms with Crippen LogP contribution in [0.3, 0.4) is 0 Å². The Hall–Kier alpha value is -1.00. The smallest absolute Gasteiger partial charge is 0.161 e. The first-order valence-corrected chi connectivity index (χ1v) is 6.40. The molecule has 2 aromatic heterocycles. The standard InChI is InChI=1S/C12H11BrClN3/c1-7(2)10-9(13)11(14)17-12(16-10)8-3-5-15-6-4-8/h3-7H,1-2H3. The van der Waals surface area contributed by atoms with Crippen LogP contribution >= 0.6 is 27.5 Å². The van der Waals surface area contributed by atoms with Crippen LogP contribution in [0.1, 0.15) is 25.5 Å². The van der Waals surface area contributed by atoms with Crippen molar-refractivity contribution in [2.45, 2.75) is 19.8 Å². The maximum atomic E-state index is 6.10. The monoisotopic (exact) mass is 311 g/mol. The van der Waals surface area contributed by atoms with Crippen molar-refractivity contribution in [1.29, 1.82) is 0 Å². The lowest BCUT2D eigenvalue weighted by Crippen LogP contribution is -2.00. The van der Waals surface area contributed by atoms with Crippen LogP contribution < -0.4 is 0 Å². The molecule has 0 amide bonds. The van der Waals surface area contributed by atoms with Gasteiger partial charge in [-0.3, -0.25) is 4.98 Å². The van der Waals surface area contributed by atoms with Gasteiger partial charge < -0.3 is 0 Å². The molecule has 2 heterocycles. The fourth-order valence-corrected chi connectivity index (χ4v) is 2.26. The molecule has 3 nitrogen and oxygen atoms in total. The van der Waals surface area contributed by atoms with E-state index in [1.807, 2.05) is 12.1 Å². The van der Waals surface area contributed by atoms with Crippen molar-refractivity contribution in [3.05, 3.63) is 39.8 Å². The molecule has 0 radical (unpaired) electrons. The van der Waals surface area contributed by atoms with Gasteiger partial charge >= 0.3 is 0 Å². The molecule has 0 aliphatic rings. The van der Waals surface area contributed by atoms with Gasteiger partial charge in [0.2, 0.25) is 0 Å². The molecular weight excluding hydrogens is 302 g/mol. The predicted molar refractivity (Wildman–Crippen MR) is 72.1 cm³/mol. The summed E-state index contributed by atoms with van der Waals surface area (Å²) in [5.74, 6) is 0.912. The highest BCUT2D eigenvalue weighted by molar-refractivity contribution is 9.10. The molecule has 0 aliphatic heterocycles. The van der Waals surface area contributed by atoms with Crippen molar-refractivity contribution in [1.82, 2.24) is 15.0 Å². The summed E-state index contributed by atoms with van der Waals surface area (Å²) in [6, 6.07) is 3.73. The quantitative estimate of drug-likeness (QED) is 0.784. The Morgan fingerprint density at radius 2 is 1.82 bits per heavy atom. The first-order valence-electron chi connectivity index (χ1n) is 5.23. The number of aromatic nitrogens is 3. The van der Waals surface area contributed by atoms with Gasteiger partial charge in [-0.2, -0.15) is 0 Å². The maximum Gasteiger partial charge on any atom is 0.161 e. The van der Waals surface area contributed by atoms with Crippen molar-refractivity contribution in [2.24, 2.45) is 0 Å². The summed E-state index contributed by atoms with van der Waals surface area (Å²) in [5.41, 5.74) is 1.83. The van der Waals surface area contributed by atoms with Crippen LogP contribution in [0.5, 0.6) is 0 Å². The maximum absolute atomic E-state index is 6.10. The highest BCUT2D eigenvalue weighted by Gasteiger charge is 2.14. The van der Waals surface area contributed by atoms with E-state index in [0.717, 1.165) is 15.7 Å². The van der Waals surface area contributed by atoms with E-state index in [4.69, 9.17) is 11.6 Å². The molecule has 0 aromatic carbocycles. The lowest BCUT2D eigenvalue weighted by atomic mass is 10.1. The molecule has 0 saturated heterocycles. The van der Waals surface area contributed by atoms with Crippen LogP contribution in [-0.2, 0) is 0 Å². The SMILES string of the molecule is CC(C)c1nc(-c2ccncc2)nc(Cl)c1Br. The van der Waals surface area contributed by atoms with Crippen LogP contribution in [0.25, 0.3) is 11.4 Å². The first-order chi connectivity index (χ1) is 8.09. The Bertz CT molecular complexity index is 529. The average molecular weight is 313 g/mol. The first kappa shape index (κ1) is 12.5. The van der Waals surface area contributed by atoms with E-state index in [1.54, 1.807) is 12.4 Å². The minimum absolute atomic E-state index is 0.283. The van der Waals surface area contributed by atoms with E-state index >= 15 is 0 Å². The van der Waals surface area contributed by atoms with Gasteiger partial charge in [0.1, 0.15) is 5.15 Å². The second-order valence-corrected chi connectivity index (χ2v) is 5.08. The molecule has 5 heteroatoms. The zero-order valence-corrected chi connectivity index (χ0v) is 11.8. The topological polar surface area (TPSA) is 38.7 Å². The number of halogens is 2. The van der Waals surface area contributed by atoms with Gasteiger partial charge in [-0.1, -0.05) is 25.4 Å². The van der Waals surface area contributed by atoms with Crippen molar-refractivity contribution in [3.8, 4) is 11.4 Å². The largest absolute Gasteiger partial charge is 0.265 e. The van der Waals surface area contributed by atoms with E-state index in [2.05, 4.69) is 44.7 Å². The van der Waals surface area contributed by atoms with Crippen molar-refractivity contribution >= 4 is 27.5 Å². The van der Waals surface area contributed by atoms with Crippen LogP contribution in [0.15, 0.2) is 29.0 Å². The molecule has 0 bridgehead atoms. The minimum Gasteiger partial charge on any atom is -0.265 e. The van der Waals surface area contributed by atoms with Gasteiger partial charge in [-0.25, -0.2) is 9.97 Å². The van der Waals surface area contributed by atoms with Gasteiger partial charge in [0, 0.05) is 18.0 Å². The third kappa shape index (κ3) is 2.64. The van der Waals surface area contributed by atoms with E-state index in [0.29, 0.717) is 11.0 Å². The number of rotatable bonds is 2. The summed E-state index contributed by atoms with van der Waals surface area (Å²) in [5, 5.41) is 0.440. The normalized spacial score (nSPS) is 10.9. The third-order valence-electron chi connectivity index (χ3n) is 2.32. The van der Waals surface area contributed by atoms with Crippen LogP contribution in [-0.4, -0.2) is 15.0 Å². The molecule has 0 unspecified atom stereocenters. The van der Waals surface area contributed by atoms with E-state index in [1.165, 1.54) is 0 Å². The zero-order chi connectivity index (χ0) is 12.4. The fourth-order valence-electron chi connectivity index (χ4n) is 1.45. The summed E-state index contributed by atoms with van der Waals surface area (Å²) in [6.45, 7) is 4.14. The van der Waals surface area contributed by atoms with E-state index in [9.17, 15) is 0 Å². The Balaban J connectivity index is 2.57. The second-order valence-electron chi connectivity index (χ2n) is 3.93. The van der Waals surface area contributed by atoms with Crippen LogP contribution in [0, 0.1) is 0 Å². The second kappa shape index (κ2) is 5.10. The Labute approximate surface area is 113 Å². The highest BCUT2D eigenvalue weighted by atomic mass is 79.9. The summed E-state index contributed by atoms with van der Waals surface area (Å²) in [6.07, 6.45) is 3.42. The summed E-state index contributed by atoms with van der Waals surface area (Å²) in [7, 11) is 0. The van der Waals surface area contributed by atoms with Crippen molar-refractivity contribution in [3.63, 3.8) is 0 Å². The molecule has 2 rings (SSSR count). The third-order valence-corrected chi connectivity index (χ3v) is 3.61. The van der Waals surface area contributed by atoms with Gasteiger partial charge in [0.25, 0.3) is 0 Å². The lowest BCUT2D eigenvalue weighted by molar-refractivity contribution is 0.809. The Kier molecular flexibility index (Phi) is 3.74. The lowest BCUT2D eigenvalue weighted by Gasteiger charge is -2.10. The number of pyridine rings is 1. The minimum atomic E-state index is 0.283. The van der Waals surface area contributed by atoms with Gasteiger partial charge in [0.15, 0.2) is 5.82 Å². The van der Waals surface area contributed by atoms with Crippen LogP contribution in [0.4, 0.5) is 0 Å². The van der Waals surface area contributed by atoms with E-state index in [-0.39, 0.29) is 5.92 Å². The Morgan fingerprint density at radius 3 is 2.41 bits per heavy atom. The Morgan fingerprint density at radius 1 is 1.18 bits per heavy atom. The number of hydrogen-bond donors (Lipinski definition) is 0. The van der Waals surface area contributed by atoms with Gasteiger partial charge in [-0.15, -0.1) is 0 Å². The van der Waals surface area contributed by atoms with Gasteiger partial charge in [-0.05, 0) is 34.0 Å². The molecule has 0 N–H and O–H groups in total. The zero-order valence-electron chi connectivity index (χ0n) is 9.48. The molecule has 0 fully saturated rings. The summed E-state index contributed by atoms with van der Waals surface area (Å²) >= 11 is 9.52. The molecule has 0 atom stereocenters. The number of nitrogens with zero attached hydrogens (tertiary/aromatic N) is 3. The average Bonchev–Trinajstić information content (AvgIpc) is 2.33. The van der Waals surface area contributed by atoms with Crippen molar-refractivity contribution in [2.75, 3.05) is 0 Å². The predicted octanol–water partition coefficient (Wildman–Crippen LogP) is 4.08. The van der Waals surface area contributed by atoms with Gasteiger partial charge in [0.05, 0.1) is 10.2 Å².